The van der Waals surface area contributed by atoms with Crippen molar-refractivity contribution in [2.75, 3.05) is 6.54 Å². The van der Waals surface area contributed by atoms with E-state index >= 15 is 0 Å². The monoisotopic (exact) mass is 168 g/mol. The van der Waals surface area contributed by atoms with E-state index in [4.69, 9.17) is 0 Å². The van der Waals surface area contributed by atoms with E-state index in [9.17, 15) is 4.79 Å². The fourth-order valence-corrected chi connectivity index (χ4v) is 1.53. The van der Waals surface area contributed by atoms with Gasteiger partial charge in [-0.1, -0.05) is 6.42 Å². The quantitative estimate of drug-likeness (QED) is 0.548. The highest BCUT2D eigenvalue weighted by molar-refractivity contribution is 4.92. The molecule has 1 aromatic heterocycles. The Kier molecular flexibility index (Phi) is 1.95. The van der Waals surface area contributed by atoms with Crippen molar-refractivity contribution in [2.24, 2.45) is 0 Å². The molecule has 1 saturated heterocycles. The molecular weight excluding hydrogens is 156 g/mol. The second-order valence-electron chi connectivity index (χ2n) is 3.07. The number of nitrogens with one attached hydrogen (secondary N) is 3. The summed E-state index contributed by atoms with van der Waals surface area (Å²) in [5.74, 6) is 0.736. The fourth-order valence-electron chi connectivity index (χ4n) is 1.53. The van der Waals surface area contributed by atoms with E-state index in [2.05, 4.69) is 20.5 Å². The number of hydrogen-bond acceptors (Lipinski definition) is 3. The zero-order chi connectivity index (χ0) is 8.39. The molecule has 0 radical (unpaired) electrons. The van der Waals surface area contributed by atoms with Crippen molar-refractivity contribution in [1.29, 1.82) is 0 Å². The van der Waals surface area contributed by atoms with Crippen LogP contribution in [-0.2, 0) is 0 Å². The molecule has 0 unspecified atom stereocenters. The highest BCUT2D eigenvalue weighted by Gasteiger charge is 2.17. The largest absolute Gasteiger partial charge is 0.340 e. The van der Waals surface area contributed by atoms with Crippen molar-refractivity contribution in [3.05, 3.63) is 16.3 Å². The lowest BCUT2D eigenvalue weighted by atomic mass is 10.0. The summed E-state index contributed by atoms with van der Waals surface area (Å²) in [6.45, 7) is 1.01. The number of rotatable bonds is 1. The normalized spacial score (nSPS) is 24.2. The van der Waals surface area contributed by atoms with Crippen molar-refractivity contribution in [1.82, 2.24) is 20.5 Å². The molecule has 1 atom stereocenters. The molecule has 2 heterocycles. The maximum atomic E-state index is 10.7. The molecule has 0 aliphatic carbocycles. The first kappa shape index (κ1) is 7.54. The lowest BCUT2D eigenvalue weighted by molar-refractivity contribution is 0.398. The van der Waals surface area contributed by atoms with Crippen molar-refractivity contribution in [3.63, 3.8) is 0 Å². The van der Waals surface area contributed by atoms with Gasteiger partial charge in [0.25, 0.3) is 0 Å². The molecule has 1 fully saturated rings. The van der Waals surface area contributed by atoms with Gasteiger partial charge in [-0.25, -0.2) is 9.89 Å². The molecule has 5 nitrogen and oxygen atoms in total. The summed E-state index contributed by atoms with van der Waals surface area (Å²) in [4.78, 5) is 13.4. The predicted molar refractivity (Wildman–Crippen MR) is 43.8 cm³/mol. The van der Waals surface area contributed by atoms with Gasteiger partial charge in [0.05, 0.1) is 6.04 Å². The third-order valence-corrected chi connectivity index (χ3v) is 2.16. The molecule has 3 N–H and O–H groups in total. The molecule has 2 rings (SSSR count). The zero-order valence-corrected chi connectivity index (χ0v) is 6.76. The maximum Gasteiger partial charge on any atom is 0.340 e. The molecular formula is C7H12N4O. The summed E-state index contributed by atoms with van der Waals surface area (Å²) in [5, 5.41) is 9.54. The third-order valence-electron chi connectivity index (χ3n) is 2.16. The molecule has 66 valence electrons. The van der Waals surface area contributed by atoms with E-state index in [1.54, 1.807) is 0 Å². The van der Waals surface area contributed by atoms with Gasteiger partial charge in [-0.2, -0.15) is 5.10 Å². The van der Waals surface area contributed by atoms with E-state index in [1.165, 1.54) is 12.8 Å². The minimum Gasteiger partial charge on any atom is -0.307 e. The van der Waals surface area contributed by atoms with Gasteiger partial charge in [-0.05, 0) is 19.4 Å². The predicted octanol–water partition coefficient (Wildman–Crippen LogP) is -0.0874. The van der Waals surface area contributed by atoms with E-state index in [-0.39, 0.29) is 11.7 Å². The van der Waals surface area contributed by atoms with Crippen molar-refractivity contribution >= 4 is 0 Å². The van der Waals surface area contributed by atoms with Crippen LogP contribution in [0.4, 0.5) is 0 Å². The van der Waals surface area contributed by atoms with E-state index in [0.717, 1.165) is 18.8 Å². The van der Waals surface area contributed by atoms with Crippen LogP contribution in [0.15, 0.2) is 4.79 Å². The lowest BCUT2D eigenvalue weighted by Crippen LogP contribution is -2.27. The van der Waals surface area contributed by atoms with Crippen molar-refractivity contribution in [3.8, 4) is 0 Å². The van der Waals surface area contributed by atoms with Gasteiger partial charge >= 0.3 is 5.69 Å². The Morgan fingerprint density at radius 3 is 2.92 bits per heavy atom. The summed E-state index contributed by atoms with van der Waals surface area (Å²) >= 11 is 0. The SMILES string of the molecule is O=c1[nH]nc([C@@H]2CCCCN2)[nH]1. The van der Waals surface area contributed by atoms with Gasteiger partial charge in [-0.15, -0.1) is 0 Å². The lowest BCUT2D eigenvalue weighted by Gasteiger charge is -2.20. The number of aromatic amines is 2. The molecule has 12 heavy (non-hydrogen) atoms. The Labute approximate surface area is 69.6 Å². The zero-order valence-electron chi connectivity index (χ0n) is 6.76. The van der Waals surface area contributed by atoms with E-state index < -0.39 is 0 Å². The Hall–Kier alpha value is -1.10. The minimum absolute atomic E-state index is 0.225. The standard InChI is InChI=1S/C7H12N4O/c12-7-9-6(10-11-7)5-3-1-2-4-8-5/h5,8H,1-4H2,(H2,9,10,11,12)/t5-/m0/s1. The summed E-state index contributed by atoms with van der Waals surface area (Å²) in [6, 6.07) is 0.234. The third kappa shape index (κ3) is 1.40. The molecule has 5 heteroatoms. The molecule has 0 bridgehead atoms. The summed E-state index contributed by atoms with van der Waals surface area (Å²) in [5.41, 5.74) is -0.225. The number of nitrogens with zero attached hydrogens (tertiary/aromatic N) is 1. The average molecular weight is 168 g/mol. The molecule has 1 aliphatic rings. The topological polar surface area (TPSA) is 73.6 Å². The Morgan fingerprint density at radius 1 is 1.42 bits per heavy atom. The van der Waals surface area contributed by atoms with Crippen molar-refractivity contribution in [2.45, 2.75) is 25.3 Å². The summed E-state index contributed by atoms with van der Waals surface area (Å²) < 4.78 is 0. The number of aromatic nitrogens is 3. The number of H-pyrrole nitrogens is 2. The van der Waals surface area contributed by atoms with Gasteiger partial charge in [0.1, 0.15) is 5.82 Å². The van der Waals surface area contributed by atoms with E-state index in [1.807, 2.05) is 0 Å². The van der Waals surface area contributed by atoms with Crippen LogP contribution in [0.3, 0.4) is 0 Å². The van der Waals surface area contributed by atoms with Crippen LogP contribution < -0.4 is 11.0 Å². The van der Waals surface area contributed by atoms with Gasteiger partial charge in [-0.3, -0.25) is 4.98 Å². The van der Waals surface area contributed by atoms with Crippen LogP contribution in [0.25, 0.3) is 0 Å². The van der Waals surface area contributed by atoms with Crippen LogP contribution in [0, 0.1) is 0 Å². The molecule has 0 spiro atoms. The van der Waals surface area contributed by atoms with Crippen LogP contribution in [0.1, 0.15) is 31.1 Å². The Bertz CT molecular complexity index is 296. The first-order chi connectivity index (χ1) is 5.86. The van der Waals surface area contributed by atoms with Crippen LogP contribution in [0.2, 0.25) is 0 Å². The van der Waals surface area contributed by atoms with Crippen molar-refractivity contribution < 1.29 is 0 Å². The summed E-state index contributed by atoms with van der Waals surface area (Å²) in [7, 11) is 0. The first-order valence-electron chi connectivity index (χ1n) is 4.24. The molecule has 1 aromatic rings. The molecule has 1 aliphatic heterocycles. The summed E-state index contributed by atoms with van der Waals surface area (Å²) in [6.07, 6.45) is 3.47. The van der Waals surface area contributed by atoms with Crippen LogP contribution in [-0.4, -0.2) is 21.7 Å². The average Bonchev–Trinajstić information content (AvgIpc) is 2.54. The van der Waals surface area contributed by atoms with Crippen LogP contribution in [0.5, 0.6) is 0 Å². The van der Waals surface area contributed by atoms with Crippen LogP contribution >= 0.6 is 0 Å². The first-order valence-corrected chi connectivity index (χ1v) is 4.24. The van der Waals surface area contributed by atoms with Gasteiger partial charge in [0.2, 0.25) is 0 Å². The maximum absolute atomic E-state index is 10.7. The second-order valence-corrected chi connectivity index (χ2v) is 3.07. The molecule has 0 aromatic carbocycles. The number of piperidine rings is 1. The number of hydrogen-bond donors (Lipinski definition) is 3. The van der Waals surface area contributed by atoms with Gasteiger partial charge < -0.3 is 5.32 Å². The molecule has 0 saturated carbocycles. The van der Waals surface area contributed by atoms with E-state index in [0.29, 0.717) is 0 Å². The second kappa shape index (κ2) is 3.10. The molecule has 0 amide bonds. The minimum atomic E-state index is -0.225. The highest BCUT2D eigenvalue weighted by Crippen LogP contribution is 2.17. The highest BCUT2D eigenvalue weighted by atomic mass is 16.1. The Morgan fingerprint density at radius 2 is 2.33 bits per heavy atom. The van der Waals surface area contributed by atoms with Gasteiger partial charge in [0.15, 0.2) is 0 Å². The fraction of sp³-hybridized carbons (Fsp3) is 0.714. The Balaban J connectivity index is 2.13. The van der Waals surface area contributed by atoms with Gasteiger partial charge in [0, 0.05) is 0 Å². The smallest absolute Gasteiger partial charge is 0.307 e.